The van der Waals surface area contributed by atoms with Crippen LogP contribution in [0.2, 0.25) is 0 Å². The van der Waals surface area contributed by atoms with E-state index < -0.39 is 0 Å². The summed E-state index contributed by atoms with van der Waals surface area (Å²) in [5, 5.41) is 10.5. The molecule has 5 nitrogen and oxygen atoms in total. The van der Waals surface area contributed by atoms with Crippen LogP contribution in [0.3, 0.4) is 0 Å². The minimum atomic E-state index is -0.00277. The second-order valence-electron chi connectivity index (χ2n) is 7.20. The number of nitrogens with one attached hydrogen (secondary N) is 2. The summed E-state index contributed by atoms with van der Waals surface area (Å²) in [5.74, 6) is 0.837. The molecule has 0 saturated heterocycles. The highest BCUT2D eigenvalue weighted by Gasteiger charge is 2.21. The number of methoxy groups -OCH3 is 1. The number of carbonyl (C=O) groups excluding carboxylic acids is 1. The smallest absolute Gasteiger partial charge is 0.221 e. The molecule has 2 aromatic carbocycles. The van der Waals surface area contributed by atoms with E-state index in [0.717, 1.165) is 41.8 Å². The van der Waals surface area contributed by atoms with Crippen molar-refractivity contribution in [2.75, 3.05) is 7.11 Å². The molecule has 1 heterocycles. The van der Waals surface area contributed by atoms with Crippen molar-refractivity contribution in [2.24, 2.45) is 0 Å². The van der Waals surface area contributed by atoms with Crippen LogP contribution in [0, 0.1) is 0 Å². The number of amides is 1. The quantitative estimate of drug-likeness (QED) is 0.661. The second-order valence-corrected chi connectivity index (χ2v) is 7.20. The van der Waals surface area contributed by atoms with E-state index in [4.69, 9.17) is 4.74 Å². The van der Waals surface area contributed by atoms with Gasteiger partial charge in [-0.15, -0.1) is 0 Å². The maximum Gasteiger partial charge on any atom is 0.221 e. The largest absolute Gasteiger partial charge is 0.497 e. The predicted octanol–water partition coefficient (Wildman–Crippen LogP) is 3.75. The van der Waals surface area contributed by atoms with Crippen molar-refractivity contribution in [2.45, 2.75) is 38.1 Å². The minimum absolute atomic E-state index is 0.00277. The lowest BCUT2D eigenvalue weighted by atomic mass is 9.88. The number of hydrogen-bond donors (Lipinski definition) is 2. The van der Waals surface area contributed by atoms with E-state index in [1.807, 2.05) is 42.5 Å². The van der Waals surface area contributed by atoms with Gasteiger partial charge in [0.2, 0.25) is 5.91 Å². The molecule has 0 bridgehead atoms. The first kappa shape index (κ1) is 18.3. The average molecular weight is 375 g/mol. The average Bonchev–Trinajstić information content (AvgIpc) is 3.35. The topological polar surface area (TPSA) is 67.0 Å². The Morgan fingerprint density at radius 1 is 1.11 bits per heavy atom. The van der Waals surface area contributed by atoms with Crippen molar-refractivity contribution >= 4 is 5.91 Å². The number of aromatic amines is 1. The zero-order valence-electron chi connectivity index (χ0n) is 16.1. The van der Waals surface area contributed by atoms with Gasteiger partial charge in [0.25, 0.3) is 0 Å². The highest BCUT2D eigenvalue weighted by Crippen LogP contribution is 2.29. The summed E-state index contributed by atoms with van der Waals surface area (Å²) in [6.07, 6.45) is 3.67. The molecule has 1 aliphatic carbocycles. The summed E-state index contributed by atoms with van der Waals surface area (Å²) in [5.41, 5.74) is 5.72. The predicted molar refractivity (Wildman–Crippen MR) is 108 cm³/mol. The molecule has 0 fully saturated rings. The lowest BCUT2D eigenvalue weighted by Gasteiger charge is -2.18. The van der Waals surface area contributed by atoms with E-state index in [9.17, 15) is 4.79 Å². The molecule has 4 rings (SSSR count). The number of ether oxygens (including phenoxy) is 1. The molecular weight excluding hydrogens is 350 g/mol. The van der Waals surface area contributed by atoms with Crippen LogP contribution in [-0.2, 0) is 24.2 Å². The number of benzene rings is 2. The maximum absolute atomic E-state index is 12.7. The van der Waals surface area contributed by atoms with Gasteiger partial charge in [-0.3, -0.25) is 9.89 Å². The van der Waals surface area contributed by atoms with Gasteiger partial charge in [-0.1, -0.05) is 42.5 Å². The van der Waals surface area contributed by atoms with Crippen molar-refractivity contribution < 1.29 is 9.53 Å². The van der Waals surface area contributed by atoms with Crippen LogP contribution in [0.15, 0.2) is 54.6 Å². The molecule has 144 valence electrons. The first-order valence-electron chi connectivity index (χ1n) is 9.75. The Labute approximate surface area is 165 Å². The van der Waals surface area contributed by atoms with Gasteiger partial charge in [-0.2, -0.15) is 5.10 Å². The van der Waals surface area contributed by atoms with Crippen LogP contribution in [-0.4, -0.2) is 23.2 Å². The van der Waals surface area contributed by atoms with Crippen LogP contribution < -0.4 is 10.1 Å². The van der Waals surface area contributed by atoms with Crippen LogP contribution in [0.5, 0.6) is 5.75 Å². The molecule has 0 spiro atoms. The number of aryl methyl sites for hydroxylation is 1. The number of H-pyrrole nitrogens is 1. The van der Waals surface area contributed by atoms with Crippen molar-refractivity contribution in [3.63, 3.8) is 0 Å². The molecule has 2 N–H and O–H groups in total. The molecule has 28 heavy (non-hydrogen) atoms. The normalized spacial score (nSPS) is 13.8. The van der Waals surface area contributed by atoms with E-state index in [1.54, 1.807) is 7.11 Å². The fourth-order valence-electron chi connectivity index (χ4n) is 3.92. The van der Waals surface area contributed by atoms with Gasteiger partial charge in [0.15, 0.2) is 0 Å². The Morgan fingerprint density at radius 3 is 2.61 bits per heavy atom. The molecule has 1 aromatic heterocycles. The van der Waals surface area contributed by atoms with Crippen molar-refractivity contribution in [1.82, 2.24) is 15.5 Å². The molecule has 0 unspecified atom stereocenters. The Morgan fingerprint density at radius 2 is 1.86 bits per heavy atom. The van der Waals surface area contributed by atoms with E-state index in [2.05, 4.69) is 27.6 Å². The van der Waals surface area contributed by atoms with Gasteiger partial charge in [0.1, 0.15) is 5.75 Å². The van der Waals surface area contributed by atoms with Gasteiger partial charge in [0.05, 0.1) is 19.3 Å². The Hall–Kier alpha value is -3.08. The zero-order chi connectivity index (χ0) is 19.3. The summed E-state index contributed by atoms with van der Waals surface area (Å²) in [6, 6.07) is 18.1. The molecule has 1 amide bonds. The monoisotopic (exact) mass is 375 g/mol. The molecule has 0 radical (unpaired) electrons. The first-order chi connectivity index (χ1) is 13.7. The first-order valence-corrected chi connectivity index (χ1v) is 9.75. The Balaban J connectivity index is 1.47. The van der Waals surface area contributed by atoms with Gasteiger partial charge in [0, 0.05) is 18.0 Å². The standard InChI is InChI=1S/C23H25N3O2/c1-28-18-12-10-17(11-13-18)20(16-6-3-2-4-7-16)14-23(27)24-15-22-19-8-5-9-21(19)25-26-22/h2-4,6-7,10-13,20H,5,8-9,14-15H2,1H3,(H,24,27)(H,25,26)/t20-/m1/s1. The minimum Gasteiger partial charge on any atom is -0.497 e. The fraction of sp³-hybridized carbons (Fsp3) is 0.304. The molecule has 5 heteroatoms. The number of nitrogens with zero attached hydrogens (tertiary/aromatic N) is 1. The highest BCUT2D eigenvalue weighted by atomic mass is 16.5. The number of fused-ring (bicyclic) bond motifs is 1. The van der Waals surface area contributed by atoms with E-state index in [-0.39, 0.29) is 11.8 Å². The zero-order valence-corrected chi connectivity index (χ0v) is 16.1. The van der Waals surface area contributed by atoms with Crippen molar-refractivity contribution in [1.29, 1.82) is 0 Å². The van der Waals surface area contributed by atoms with E-state index >= 15 is 0 Å². The maximum atomic E-state index is 12.7. The van der Waals surface area contributed by atoms with Crippen molar-refractivity contribution in [3.8, 4) is 5.75 Å². The van der Waals surface area contributed by atoms with Crippen LogP contribution in [0.4, 0.5) is 0 Å². The third-order valence-corrected chi connectivity index (χ3v) is 5.45. The molecule has 1 atom stereocenters. The lowest BCUT2D eigenvalue weighted by molar-refractivity contribution is -0.121. The van der Waals surface area contributed by atoms with Gasteiger partial charge in [-0.05, 0) is 48.1 Å². The SMILES string of the molecule is COc1ccc([C@H](CC(=O)NCc2n[nH]c3c2CCC3)c2ccccc2)cc1. The number of rotatable bonds is 7. The summed E-state index contributed by atoms with van der Waals surface area (Å²) < 4.78 is 5.26. The molecule has 0 saturated carbocycles. The van der Waals surface area contributed by atoms with Crippen LogP contribution in [0.25, 0.3) is 0 Å². The molecular formula is C23H25N3O2. The number of carbonyl (C=O) groups is 1. The van der Waals surface area contributed by atoms with E-state index in [1.165, 1.54) is 11.3 Å². The third-order valence-electron chi connectivity index (χ3n) is 5.45. The molecule has 3 aromatic rings. The van der Waals surface area contributed by atoms with Crippen LogP contribution in [0.1, 0.15) is 46.8 Å². The summed E-state index contributed by atoms with van der Waals surface area (Å²) in [7, 11) is 1.66. The van der Waals surface area contributed by atoms with Gasteiger partial charge < -0.3 is 10.1 Å². The van der Waals surface area contributed by atoms with Gasteiger partial charge in [-0.25, -0.2) is 0 Å². The molecule has 1 aliphatic rings. The fourth-order valence-corrected chi connectivity index (χ4v) is 3.92. The number of hydrogen-bond acceptors (Lipinski definition) is 3. The summed E-state index contributed by atoms with van der Waals surface area (Å²) in [4.78, 5) is 12.7. The van der Waals surface area contributed by atoms with E-state index in [0.29, 0.717) is 13.0 Å². The van der Waals surface area contributed by atoms with Gasteiger partial charge >= 0.3 is 0 Å². The number of aromatic nitrogens is 2. The summed E-state index contributed by atoms with van der Waals surface area (Å²) >= 11 is 0. The Bertz CT molecular complexity index is 932. The molecule has 0 aliphatic heterocycles. The lowest BCUT2D eigenvalue weighted by Crippen LogP contribution is -2.25. The van der Waals surface area contributed by atoms with Crippen LogP contribution >= 0.6 is 0 Å². The Kier molecular flexibility index (Phi) is 5.42. The third kappa shape index (κ3) is 3.93. The summed E-state index contributed by atoms with van der Waals surface area (Å²) in [6.45, 7) is 0.481. The second kappa shape index (κ2) is 8.30. The highest BCUT2D eigenvalue weighted by molar-refractivity contribution is 5.77. The van der Waals surface area contributed by atoms with Crippen molar-refractivity contribution in [3.05, 3.63) is 82.7 Å².